The molecule has 1 heterocycles. The van der Waals surface area contributed by atoms with Crippen LogP contribution in [0.15, 0.2) is 30.9 Å². The predicted octanol–water partition coefficient (Wildman–Crippen LogP) is 1.58. The number of rotatable bonds is 4. The second kappa shape index (κ2) is 5.01. The Morgan fingerprint density at radius 1 is 1.57 bits per heavy atom. The summed E-state index contributed by atoms with van der Waals surface area (Å²) in [6.07, 6.45) is 1.42. The quantitative estimate of drug-likeness (QED) is 0.712. The lowest BCUT2D eigenvalue weighted by atomic mass is 10.2. The van der Waals surface area contributed by atoms with E-state index in [9.17, 15) is 4.79 Å². The molecule has 0 saturated heterocycles. The number of carbonyl (C=O) groups is 1. The fourth-order valence-electron chi connectivity index (χ4n) is 1.06. The van der Waals surface area contributed by atoms with E-state index in [0.29, 0.717) is 12.1 Å². The lowest BCUT2D eigenvalue weighted by Crippen LogP contribution is -2.20. The van der Waals surface area contributed by atoms with Crippen LogP contribution >= 0.6 is 0 Å². The molecule has 0 aliphatic carbocycles. The van der Waals surface area contributed by atoms with E-state index in [1.807, 2.05) is 12.1 Å². The Kier molecular flexibility index (Phi) is 3.67. The Labute approximate surface area is 82.3 Å². The van der Waals surface area contributed by atoms with Crippen LogP contribution in [0, 0.1) is 0 Å². The molecule has 0 unspecified atom stereocenters. The maximum absolute atomic E-state index is 10.2. The minimum absolute atomic E-state index is 0.236. The van der Waals surface area contributed by atoms with Crippen molar-refractivity contribution in [2.45, 2.75) is 13.0 Å². The van der Waals surface area contributed by atoms with Crippen LogP contribution < -0.4 is 5.32 Å². The molecule has 1 aromatic rings. The van der Waals surface area contributed by atoms with Crippen LogP contribution in [0.3, 0.4) is 0 Å². The summed E-state index contributed by atoms with van der Waals surface area (Å²) >= 11 is 0. The monoisotopic (exact) mass is 192 g/mol. The molecule has 1 aromatic heterocycles. The topological polar surface area (TPSA) is 62.2 Å². The molecule has 4 nitrogen and oxygen atoms in total. The van der Waals surface area contributed by atoms with Crippen LogP contribution in [0.2, 0.25) is 0 Å². The van der Waals surface area contributed by atoms with Gasteiger partial charge in [0.15, 0.2) is 0 Å². The van der Waals surface area contributed by atoms with Gasteiger partial charge in [-0.05, 0) is 12.1 Å². The highest BCUT2D eigenvalue weighted by atomic mass is 16.4. The van der Waals surface area contributed by atoms with Gasteiger partial charge in [0.25, 0.3) is 0 Å². The molecule has 2 N–H and O–H groups in total. The molecule has 1 amide bonds. The van der Waals surface area contributed by atoms with Crippen LogP contribution in [-0.2, 0) is 13.0 Å². The first-order chi connectivity index (χ1) is 6.72. The van der Waals surface area contributed by atoms with Crippen LogP contribution in [0.1, 0.15) is 11.4 Å². The van der Waals surface area contributed by atoms with E-state index < -0.39 is 6.09 Å². The van der Waals surface area contributed by atoms with Crippen LogP contribution in [0.25, 0.3) is 0 Å². The number of amides is 1. The maximum atomic E-state index is 10.2. The van der Waals surface area contributed by atoms with Gasteiger partial charge in [0, 0.05) is 12.1 Å². The minimum atomic E-state index is -1.04. The van der Waals surface area contributed by atoms with Gasteiger partial charge in [-0.2, -0.15) is 0 Å². The van der Waals surface area contributed by atoms with Crippen molar-refractivity contribution in [3.05, 3.63) is 42.2 Å². The van der Waals surface area contributed by atoms with Gasteiger partial charge < -0.3 is 10.4 Å². The Hall–Kier alpha value is -1.84. The van der Waals surface area contributed by atoms with Crippen molar-refractivity contribution < 1.29 is 9.90 Å². The van der Waals surface area contributed by atoms with Gasteiger partial charge in [0.2, 0.25) is 0 Å². The lowest BCUT2D eigenvalue weighted by molar-refractivity contribution is 0.194. The van der Waals surface area contributed by atoms with Crippen LogP contribution in [0.5, 0.6) is 0 Å². The zero-order valence-electron chi connectivity index (χ0n) is 7.73. The molecule has 0 aliphatic rings. The second-order valence-corrected chi connectivity index (χ2v) is 2.77. The van der Waals surface area contributed by atoms with Crippen molar-refractivity contribution in [2.24, 2.45) is 0 Å². The number of allylic oxidation sites excluding steroid dienone is 1. The van der Waals surface area contributed by atoms with Crippen molar-refractivity contribution in [1.82, 2.24) is 10.3 Å². The first-order valence-electron chi connectivity index (χ1n) is 4.25. The third-order valence-corrected chi connectivity index (χ3v) is 1.64. The number of nitrogens with one attached hydrogen (secondary N) is 1. The number of nitrogens with zero attached hydrogens (tertiary/aromatic N) is 1. The highest BCUT2D eigenvalue weighted by Gasteiger charge is 1.98. The molecule has 74 valence electrons. The fourth-order valence-corrected chi connectivity index (χ4v) is 1.06. The molecule has 0 radical (unpaired) electrons. The van der Waals surface area contributed by atoms with E-state index in [1.165, 1.54) is 0 Å². The standard InChI is InChI=1S/C10H12N2O2/c1-2-4-8-5-3-6-9(12-8)7-11-10(13)14/h2-3,5-6,11H,1,4,7H2,(H,13,14). The van der Waals surface area contributed by atoms with E-state index in [0.717, 1.165) is 5.69 Å². The number of pyridine rings is 1. The Morgan fingerprint density at radius 2 is 2.29 bits per heavy atom. The molecule has 0 fully saturated rings. The van der Waals surface area contributed by atoms with Crippen molar-refractivity contribution in [3.63, 3.8) is 0 Å². The van der Waals surface area contributed by atoms with E-state index in [4.69, 9.17) is 5.11 Å². The van der Waals surface area contributed by atoms with Gasteiger partial charge in [-0.15, -0.1) is 6.58 Å². The first kappa shape index (κ1) is 10.2. The third kappa shape index (κ3) is 3.26. The van der Waals surface area contributed by atoms with Crippen molar-refractivity contribution >= 4 is 6.09 Å². The molecule has 14 heavy (non-hydrogen) atoms. The van der Waals surface area contributed by atoms with Gasteiger partial charge in [-0.1, -0.05) is 12.1 Å². The third-order valence-electron chi connectivity index (χ3n) is 1.64. The van der Waals surface area contributed by atoms with Crippen molar-refractivity contribution in [3.8, 4) is 0 Å². The summed E-state index contributed by atoms with van der Waals surface area (Å²) in [5, 5.41) is 10.7. The maximum Gasteiger partial charge on any atom is 0.404 e. The van der Waals surface area contributed by atoms with Crippen LogP contribution in [0.4, 0.5) is 4.79 Å². The van der Waals surface area contributed by atoms with Gasteiger partial charge >= 0.3 is 6.09 Å². The Bertz CT molecular complexity index is 337. The molecule has 0 spiro atoms. The molecule has 0 atom stereocenters. The molecular formula is C10H12N2O2. The minimum Gasteiger partial charge on any atom is -0.465 e. The number of carboxylic acid groups (broad SMARTS) is 1. The second-order valence-electron chi connectivity index (χ2n) is 2.77. The summed E-state index contributed by atoms with van der Waals surface area (Å²) < 4.78 is 0. The zero-order valence-corrected chi connectivity index (χ0v) is 7.73. The Balaban J connectivity index is 2.63. The average molecular weight is 192 g/mol. The summed E-state index contributed by atoms with van der Waals surface area (Å²) in [4.78, 5) is 14.5. The van der Waals surface area contributed by atoms with E-state index in [2.05, 4.69) is 16.9 Å². The summed E-state index contributed by atoms with van der Waals surface area (Å²) in [6.45, 7) is 3.85. The number of aromatic nitrogens is 1. The normalized spacial score (nSPS) is 9.43. The molecule has 0 aromatic carbocycles. The molecule has 0 saturated carbocycles. The molecule has 4 heteroatoms. The summed E-state index contributed by atoms with van der Waals surface area (Å²) in [7, 11) is 0. The highest BCUT2D eigenvalue weighted by molar-refractivity contribution is 5.64. The van der Waals surface area contributed by atoms with E-state index in [-0.39, 0.29) is 6.54 Å². The van der Waals surface area contributed by atoms with Gasteiger partial charge in [-0.3, -0.25) is 4.98 Å². The number of hydrogen-bond donors (Lipinski definition) is 2. The van der Waals surface area contributed by atoms with E-state index in [1.54, 1.807) is 12.1 Å². The van der Waals surface area contributed by atoms with E-state index >= 15 is 0 Å². The highest BCUT2D eigenvalue weighted by Crippen LogP contribution is 2.00. The largest absolute Gasteiger partial charge is 0.465 e. The molecule has 1 rings (SSSR count). The Morgan fingerprint density at radius 3 is 2.93 bits per heavy atom. The fraction of sp³-hybridized carbons (Fsp3) is 0.200. The SMILES string of the molecule is C=CCc1cccc(CNC(=O)O)n1. The van der Waals surface area contributed by atoms with Crippen molar-refractivity contribution in [1.29, 1.82) is 0 Å². The summed E-state index contributed by atoms with van der Waals surface area (Å²) in [5.41, 5.74) is 1.61. The summed E-state index contributed by atoms with van der Waals surface area (Å²) in [5.74, 6) is 0. The van der Waals surface area contributed by atoms with Gasteiger partial charge in [0.05, 0.1) is 12.2 Å². The zero-order chi connectivity index (χ0) is 10.4. The molecule has 0 bridgehead atoms. The van der Waals surface area contributed by atoms with Gasteiger partial charge in [-0.25, -0.2) is 4.79 Å². The summed E-state index contributed by atoms with van der Waals surface area (Å²) in [6, 6.07) is 5.51. The van der Waals surface area contributed by atoms with Crippen molar-refractivity contribution in [2.75, 3.05) is 0 Å². The lowest BCUT2D eigenvalue weighted by Gasteiger charge is -2.02. The predicted molar refractivity (Wildman–Crippen MR) is 53.0 cm³/mol. The smallest absolute Gasteiger partial charge is 0.404 e. The average Bonchev–Trinajstić information content (AvgIpc) is 2.16. The first-order valence-corrected chi connectivity index (χ1v) is 4.25. The number of hydrogen-bond acceptors (Lipinski definition) is 2. The molecular weight excluding hydrogens is 180 g/mol. The van der Waals surface area contributed by atoms with Crippen LogP contribution in [-0.4, -0.2) is 16.2 Å². The van der Waals surface area contributed by atoms with Gasteiger partial charge in [0.1, 0.15) is 0 Å². The molecule has 0 aliphatic heterocycles.